The molecule has 72 valence electrons. The van der Waals surface area contributed by atoms with Gasteiger partial charge in [-0.15, -0.1) is 0 Å². The summed E-state index contributed by atoms with van der Waals surface area (Å²) in [4.78, 5) is 11.2. The zero-order valence-corrected chi connectivity index (χ0v) is 7.83. The molecule has 0 bridgehead atoms. The van der Waals surface area contributed by atoms with E-state index in [1.807, 2.05) is 0 Å². The van der Waals surface area contributed by atoms with Gasteiger partial charge in [0.2, 0.25) is 0 Å². The van der Waals surface area contributed by atoms with Crippen LogP contribution in [0, 0.1) is 5.92 Å². The summed E-state index contributed by atoms with van der Waals surface area (Å²) in [6.07, 6.45) is 0. The van der Waals surface area contributed by atoms with E-state index >= 15 is 0 Å². The number of rotatable bonds is 3. The molecule has 1 atom stereocenters. The normalized spacial score (nSPS) is 14.1. The van der Waals surface area contributed by atoms with Crippen molar-refractivity contribution in [1.29, 1.82) is 0 Å². The third-order valence-corrected chi connectivity index (χ3v) is 1.25. The van der Waals surface area contributed by atoms with E-state index in [1.54, 1.807) is 20.8 Å². The summed E-state index contributed by atoms with van der Waals surface area (Å²) in [6.45, 7) is 5.18. The maximum absolute atomic E-state index is 11.2. The molecule has 0 saturated heterocycles. The average molecular weight is 175 g/mol. The van der Waals surface area contributed by atoms with Gasteiger partial charge in [0.1, 0.15) is 5.60 Å². The molecule has 0 aliphatic rings. The third kappa shape index (κ3) is 4.31. The van der Waals surface area contributed by atoms with Crippen LogP contribution in [0.1, 0.15) is 20.8 Å². The predicted octanol–water partition coefficient (Wildman–Crippen LogP) is -0.105. The summed E-state index contributed by atoms with van der Waals surface area (Å²) < 4.78 is 5.00. The van der Waals surface area contributed by atoms with Crippen LogP contribution in [-0.4, -0.2) is 29.8 Å². The molecule has 0 rings (SSSR count). The van der Waals surface area contributed by atoms with Crippen molar-refractivity contribution in [2.75, 3.05) is 13.2 Å². The van der Waals surface area contributed by atoms with Gasteiger partial charge in [-0.25, -0.2) is 0 Å². The number of hydrogen-bond donors (Lipinski definition) is 2. The fourth-order valence-electron chi connectivity index (χ4n) is 0.630. The number of aliphatic hydroxyl groups excluding tert-OH is 1. The van der Waals surface area contributed by atoms with E-state index in [4.69, 9.17) is 15.6 Å². The Kier molecular flexibility index (Phi) is 4.20. The maximum Gasteiger partial charge on any atom is 0.313 e. The molecule has 0 aliphatic carbocycles. The van der Waals surface area contributed by atoms with Crippen LogP contribution in [0.3, 0.4) is 0 Å². The van der Waals surface area contributed by atoms with Crippen molar-refractivity contribution in [3.05, 3.63) is 0 Å². The molecule has 4 nitrogen and oxygen atoms in total. The average Bonchev–Trinajstić information content (AvgIpc) is 1.85. The number of carbonyl (C=O) groups excluding carboxylic acids is 1. The molecule has 0 aliphatic heterocycles. The third-order valence-electron chi connectivity index (χ3n) is 1.25. The molecule has 0 amide bonds. The van der Waals surface area contributed by atoms with Crippen molar-refractivity contribution >= 4 is 5.97 Å². The summed E-state index contributed by atoms with van der Waals surface area (Å²) in [5.41, 5.74) is 4.73. The molecule has 0 spiro atoms. The van der Waals surface area contributed by atoms with Gasteiger partial charge in [-0.05, 0) is 20.8 Å². The van der Waals surface area contributed by atoms with Crippen LogP contribution in [0.2, 0.25) is 0 Å². The van der Waals surface area contributed by atoms with E-state index in [2.05, 4.69) is 0 Å². The minimum Gasteiger partial charge on any atom is -0.460 e. The van der Waals surface area contributed by atoms with E-state index in [-0.39, 0.29) is 13.2 Å². The number of carbonyl (C=O) groups is 1. The number of hydrogen-bond acceptors (Lipinski definition) is 4. The maximum atomic E-state index is 11.2. The number of aliphatic hydroxyl groups is 1. The lowest BCUT2D eigenvalue weighted by molar-refractivity contribution is -0.160. The summed E-state index contributed by atoms with van der Waals surface area (Å²) in [5.74, 6) is -1.03. The Bertz CT molecular complexity index is 147. The second kappa shape index (κ2) is 4.42. The number of ether oxygens (including phenoxy) is 1. The first kappa shape index (κ1) is 11.4. The molecule has 12 heavy (non-hydrogen) atoms. The van der Waals surface area contributed by atoms with Gasteiger partial charge in [-0.3, -0.25) is 4.79 Å². The van der Waals surface area contributed by atoms with Gasteiger partial charge in [0.15, 0.2) is 0 Å². The van der Waals surface area contributed by atoms with Crippen molar-refractivity contribution in [2.45, 2.75) is 26.4 Å². The standard InChI is InChI=1S/C8H17NO3/c1-8(2,3)12-7(11)6(4-9)5-10/h6,10H,4-5,9H2,1-3H3/t6-/m1/s1. The zero-order valence-electron chi connectivity index (χ0n) is 7.83. The number of esters is 1. The van der Waals surface area contributed by atoms with Gasteiger partial charge < -0.3 is 15.6 Å². The molecule has 0 aromatic heterocycles. The molecule has 0 aromatic carbocycles. The minimum atomic E-state index is -0.593. The highest BCUT2D eigenvalue weighted by atomic mass is 16.6. The SMILES string of the molecule is CC(C)(C)OC(=O)[C@H](CN)CO. The lowest BCUT2D eigenvalue weighted by Crippen LogP contribution is -2.34. The highest BCUT2D eigenvalue weighted by molar-refractivity contribution is 5.73. The first-order chi connectivity index (χ1) is 5.40. The zero-order chi connectivity index (χ0) is 9.78. The summed E-state index contributed by atoms with van der Waals surface area (Å²) in [6, 6.07) is 0. The highest BCUT2D eigenvalue weighted by Gasteiger charge is 2.23. The van der Waals surface area contributed by atoms with Gasteiger partial charge in [0, 0.05) is 6.54 Å². The van der Waals surface area contributed by atoms with Gasteiger partial charge in [-0.2, -0.15) is 0 Å². The predicted molar refractivity (Wildman–Crippen MR) is 45.5 cm³/mol. The van der Waals surface area contributed by atoms with E-state index < -0.39 is 17.5 Å². The second-order valence-electron chi connectivity index (χ2n) is 3.65. The Balaban J connectivity index is 4.02. The molecule has 0 radical (unpaired) electrons. The molecule has 4 heteroatoms. The molecule has 0 saturated carbocycles. The van der Waals surface area contributed by atoms with Crippen LogP contribution in [-0.2, 0) is 9.53 Å². The molecule has 3 N–H and O–H groups in total. The van der Waals surface area contributed by atoms with E-state index in [0.717, 1.165) is 0 Å². The fraction of sp³-hybridized carbons (Fsp3) is 0.875. The quantitative estimate of drug-likeness (QED) is 0.587. The summed E-state index contributed by atoms with van der Waals surface area (Å²) in [7, 11) is 0. The topological polar surface area (TPSA) is 72.5 Å². The van der Waals surface area contributed by atoms with E-state index in [0.29, 0.717) is 0 Å². The highest BCUT2D eigenvalue weighted by Crippen LogP contribution is 2.10. The molecule has 0 aromatic rings. The number of nitrogens with two attached hydrogens (primary N) is 1. The van der Waals surface area contributed by atoms with Gasteiger partial charge in [0.05, 0.1) is 12.5 Å². The molecule has 0 unspecified atom stereocenters. The smallest absolute Gasteiger partial charge is 0.313 e. The lowest BCUT2D eigenvalue weighted by atomic mass is 10.1. The minimum absolute atomic E-state index is 0.116. The van der Waals surface area contributed by atoms with Crippen LogP contribution in [0.4, 0.5) is 0 Å². The van der Waals surface area contributed by atoms with Crippen molar-refractivity contribution in [3.8, 4) is 0 Å². The monoisotopic (exact) mass is 175 g/mol. The summed E-state index contributed by atoms with van der Waals surface area (Å²) in [5, 5.41) is 8.71. The van der Waals surface area contributed by atoms with Crippen LogP contribution in [0.25, 0.3) is 0 Å². The first-order valence-electron chi connectivity index (χ1n) is 3.94. The molecule has 0 fully saturated rings. The van der Waals surface area contributed by atoms with Gasteiger partial charge in [0.25, 0.3) is 0 Å². The Morgan fingerprint density at radius 3 is 2.33 bits per heavy atom. The molecular formula is C8H17NO3. The van der Waals surface area contributed by atoms with E-state index in [1.165, 1.54) is 0 Å². The molecule has 0 heterocycles. The summed E-state index contributed by atoms with van der Waals surface area (Å²) >= 11 is 0. The van der Waals surface area contributed by atoms with Gasteiger partial charge >= 0.3 is 5.97 Å². The first-order valence-corrected chi connectivity index (χ1v) is 3.94. The van der Waals surface area contributed by atoms with Crippen molar-refractivity contribution < 1.29 is 14.6 Å². The lowest BCUT2D eigenvalue weighted by Gasteiger charge is -2.22. The van der Waals surface area contributed by atoms with Crippen molar-refractivity contribution in [2.24, 2.45) is 11.7 Å². The van der Waals surface area contributed by atoms with Crippen LogP contribution in [0.5, 0.6) is 0 Å². The Labute approximate surface area is 72.7 Å². The Hall–Kier alpha value is -0.610. The van der Waals surface area contributed by atoms with Crippen molar-refractivity contribution in [3.63, 3.8) is 0 Å². The van der Waals surface area contributed by atoms with Crippen LogP contribution < -0.4 is 5.73 Å². The molecular weight excluding hydrogens is 158 g/mol. The van der Waals surface area contributed by atoms with Crippen LogP contribution in [0.15, 0.2) is 0 Å². The van der Waals surface area contributed by atoms with Gasteiger partial charge in [-0.1, -0.05) is 0 Å². The van der Waals surface area contributed by atoms with E-state index in [9.17, 15) is 4.79 Å². The second-order valence-corrected chi connectivity index (χ2v) is 3.65. The Morgan fingerprint density at radius 1 is 1.58 bits per heavy atom. The fourth-order valence-corrected chi connectivity index (χ4v) is 0.630. The van der Waals surface area contributed by atoms with Crippen molar-refractivity contribution in [1.82, 2.24) is 0 Å². The Morgan fingerprint density at radius 2 is 2.08 bits per heavy atom. The largest absolute Gasteiger partial charge is 0.460 e. The van der Waals surface area contributed by atoms with Crippen LogP contribution >= 0.6 is 0 Å².